The van der Waals surface area contributed by atoms with E-state index in [0.717, 1.165) is 5.56 Å². The molecule has 0 spiro atoms. The van der Waals surface area contributed by atoms with Crippen molar-refractivity contribution >= 4 is 5.82 Å². The second-order valence-corrected chi connectivity index (χ2v) is 4.31. The lowest BCUT2D eigenvalue weighted by molar-refractivity contribution is 0.615. The van der Waals surface area contributed by atoms with E-state index in [-0.39, 0.29) is 11.5 Å². The Labute approximate surface area is 111 Å². The van der Waals surface area contributed by atoms with Gasteiger partial charge in [-0.25, -0.2) is 14.4 Å². The minimum atomic E-state index is -0.211. The number of benzene rings is 1. The number of rotatable bonds is 3. The summed E-state index contributed by atoms with van der Waals surface area (Å²) in [4.78, 5) is 9.93. The van der Waals surface area contributed by atoms with Gasteiger partial charge in [-0.05, 0) is 24.1 Å². The Kier molecular flexibility index (Phi) is 3.71. The van der Waals surface area contributed by atoms with Gasteiger partial charge in [0.1, 0.15) is 17.7 Å². The molecule has 1 heterocycles. The van der Waals surface area contributed by atoms with E-state index in [1.165, 1.54) is 18.5 Å². The molecule has 5 heteroatoms. The van der Waals surface area contributed by atoms with Crippen LogP contribution in [-0.2, 0) is 6.54 Å². The van der Waals surface area contributed by atoms with Crippen LogP contribution < -0.4 is 4.90 Å². The maximum Gasteiger partial charge on any atom is 0.158 e. The van der Waals surface area contributed by atoms with E-state index in [9.17, 15) is 4.39 Å². The molecule has 4 nitrogen and oxygen atoms in total. The van der Waals surface area contributed by atoms with E-state index in [1.54, 1.807) is 13.0 Å². The molecular weight excluding hydrogens is 243 g/mol. The number of halogens is 1. The molecular formula is C14H13FN4. The van der Waals surface area contributed by atoms with Gasteiger partial charge in [0.25, 0.3) is 0 Å². The summed E-state index contributed by atoms with van der Waals surface area (Å²) in [5, 5.41) is 8.65. The van der Waals surface area contributed by atoms with Crippen LogP contribution in [0.3, 0.4) is 0 Å². The Morgan fingerprint density at radius 1 is 1.32 bits per heavy atom. The fourth-order valence-electron chi connectivity index (χ4n) is 1.67. The van der Waals surface area contributed by atoms with Crippen LogP contribution in [0.1, 0.15) is 16.8 Å². The summed E-state index contributed by atoms with van der Waals surface area (Å²) in [7, 11) is 1.84. The van der Waals surface area contributed by atoms with Crippen LogP contribution in [0.5, 0.6) is 0 Å². The fourth-order valence-corrected chi connectivity index (χ4v) is 1.67. The molecule has 2 aromatic rings. The van der Waals surface area contributed by atoms with Gasteiger partial charge in [-0.2, -0.15) is 5.26 Å². The molecule has 0 aliphatic heterocycles. The highest BCUT2D eigenvalue weighted by Crippen LogP contribution is 2.14. The maximum absolute atomic E-state index is 13.4. The Morgan fingerprint density at radius 3 is 2.68 bits per heavy atom. The highest BCUT2D eigenvalue weighted by atomic mass is 19.1. The van der Waals surface area contributed by atoms with Gasteiger partial charge in [0.15, 0.2) is 5.69 Å². The molecule has 0 unspecified atom stereocenters. The van der Waals surface area contributed by atoms with Crippen molar-refractivity contribution < 1.29 is 4.39 Å². The summed E-state index contributed by atoms with van der Waals surface area (Å²) in [5.41, 5.74) is 1.76. The summed E-state index contributed by atoms with van der Waals surface area (Å²) in [6, 6.07) is 7.07. The molecule has 0 saturated carbocycles. The monoisotopic (exact) mass is 256 g/mol. The summed E-state index contributed by atoms with van der Waals surface area (Å²) < 4.78 is 13.4. The van der Waals surface area contributed by atoms with Crippen molar-refractivity contribution in [1.29, 1.82) is 5.26 Å². The number of hydrogen-bond acceptors (Lipinski definition) is 4. The standard InChI is InChI=1S/C14H13FN4/c1-10-3-4-11(5-13(10)15)9-19(2)14-8-17-12(6-16)7-18-14/h3-5,7-8H,9H2,1-2H3. The quantitative estimate of drug-likeness (QED) is 0.846. The normalized spacial score (nSPS) is 10.0. The molecule has 0 N–H and O–H groups in total. The zero-order valence-corrected chi connectivity index (χ0v) is 10.8. The van der Waals surface area contributed by atoms with Crippen LogP contribution in [-0.4, -0.2) is 17.0 Å². The third-order valence-corrected chi connectivity index (χ3v) is 2.80. The van der Waals surface area contributed by atoms with Crippen LogP contribution >= 0.6 is 0 Å². The van der Waals surface area contributed by atoms with Gasteiger partial charge in [0.2, 0.25) is 0 Å². The van der Waals surface area contributed by atoms with Crippen molar-refractivity contribution in [2.45, 2.75) is 13.5 Å². The van der Waals surface area contributed by atoms with Gasteiger partial charge in [0, 0.05) is 13.6 Å². The lowest BCUT2D eigenvalue weighted by Gasteiger charge is -2.17. The Hall–Kier alpha value is -2.48. The van der Waals surface area contributed by atoms with Crippen LogP contribution in [0, 0.1) is 24.1 Å². The number of hydrogen-bond donors (Lipinski definition) is 0. The summed E-state index contributed by atoms with van der Waals surface area (Å²) >= 11 is 0. The van der Waals surface area contributed by atoms with E-state index in [4.69, 9.17) is 5.26 Å². The first kappa shape index (κ1) is 13.0. The smallest absolute Gasteiger partial charge is 0.158 e. The average Bonchev–Trinajstić information content (AvgIpc) is 2.43. The predicted octanol–water partition coefficient (Wildman–Crippen LogP) is 2.43. The van der Waals surface area contributed by atoms with Crippen molar-refractivity contribution in [3.63, 3.8) is 0 Å². The van der Waals surface area contributed by atoms with Crippen molar-refractivity contribution in [3.05, 3.63) is 53.2 Å². The Morgan fingerprint density at radius 2 is 2.11 bits per heavy atom. The van der Waals surface area contributed by atoms with E-state index in [1.807, 2.05) is 24.1 Å². The van der Waals surface area contributed by atoms with Crippen molar-refractivity contribution in [2.75, 3.05) is 11.9 Å². The number of nitrogens with zero attached hydrogens (tertiary/aromatic N) is 4. The lowest BCUT2D eigenvalue weighted by atomic mass is 10.1. The molecule has 1 aromatic carbocycles. The van der Waals surface area contributed by atoms with E-state index < -0.39 is 0 Å². The highest BCUT2D eigenvalue weighted by Gasteiger charge is 2.06. The molecule has 0 saturated heterocycles. The highest BCUT2D eigenvalue weighted by molar-refractivity contribution is 5.38. The van der Waals surface area contributed by atoms with Crippen molar-refractivity contribution in [1.82, 2.24) is 9.97 Å². The minimum Gasteiger partial charge on any atom is -0.354 e. The number of nitriles is 1. The number of aromatic nitrogens is 2. The fraction of sp³-hybridized carbons (Fsp3) is 0.214. The molecule has 0 amide bonds. The largest absolute Gasteiger partial charge is 0.354 e. The first-order valence-corrected chi connectivity index (χ1v) is 5.78. The summed E-state index contributed by atoms with van der Waals surface area (Å²) in [6.45, 7) is 2.26. The molecule has 0 bridgehead atoms. The Balaban J connectivity index is 2.13. The second kappa shape index (κ2) is 5.44. The molecule has 0 atom stereocenters. The topological polar surface area (TPSA) is 52.8 Å². The summed E-state index contributed by atoms with van der Waals surface area (Å²) in [6.07, 6.45) is 2.95. The number of anilines is 1. The molecule has 96 valence electrons. The summed E-state index contributed by atoms with van der Waals surface area (Å²) in [5.74, 6) is 0.428. The van der Waals surface area contributed by atoms with E-state index in [2.05, 4.69) is 9.97 Å². The van der Waals surface area contributed by atoms with Crippen LogP contribution in [0.25, 0.3) is 0 Å². The Bertz CT molecular complexity index is 616. The maximum atomic E-state index is 13.4. The minimum absolute atomic E-state index is 0.211. The van der Waals surface area contributed by atoms with Gasteiger partial charge in [-0.15, -0.1) is 0 Å². The zero-order chi connectivity index (χ0) is 13.8. The van der Waals surface area contributed by atoms with Crippen molar-refractivity contribution in [3.8, 4) is 6.07 Å². The molecule has 0 fully saturated rings. The first-order valence-electron chi connectivity index (χ1n) is 5.78. The van der Waals surface area contributed by atoms with Crippen LogP contribution in [0.15, 0.2) is 30.6 Å². The van der Waals surface area contributed by atoms with Crippen molar-refractivity contribution in [2.24, 2.45) is 0 Å². The molecule has 1 aromatic heterocycles. The van der Waals surface area contributed by atoms with Gasteiger partial charge in [-0.3, -0.25) is 0 Å². The third kappa shape index (κ3) is 3.05. The lowest BCUT2D eigenvalue weighted by Crippen LogP contribution is -2.18. The predicted molar refractivity (Wildman–Crippen MR) is 70.0 cm³/mol. The molecule has 0 aliphatic rings. The van der Waals surface area contributed by atoms with Crippen LogP contribution in [0.4, 0.5) is 10.2 Å². The molecule has 2 rings (SSSR count). The zero-order valence-electron chi connectivity index (χ0n) is 10.8. The molecule has 19 heavy (non-hydrogen) atoms. The second-order valence-electron chi connectivity index (χ2n) is 4.31. The van der Waals surface area contributed by atoms with Crippen LogP contribution in [0.2, 0.25) is 0 Å². The first-order chi connectivity index (χ1) is 9.10. The van der Waals surface area contributed by atoms with Gasteiger partial charge >= 0.3 is 0 Å². The average molecular weight is 256 g/mol. The third-order valence-electron chi connectivity index (χ3n) is 2.80. The molecule has 0 aliphatic carbocycles. The SMILES string of the molecule is Cc1ccc(CN(C)c2cnc(C#N)cn2)cc1F. The number of aryl methyl sites for hydroxylation is 1. The molecule has 0 radical (unpaired) electrons. The van der Waals surface area contributed by atoms with E-state index >= 15 is 0 Å². The van der Waals surface area contributed by atoms with Gasteiger partial charge in [0.05, 0.1) is 12.4 Å². The van der Waals surface area contributed by atoms with Gasteiger partial charge in [-0.1, -0.05) is 12.1 Å². The van der Waals surface area contributed by atoms with E-state index in [0.29, 0.717) is 17.9 Å². The van der Waals surface area contributed by atoms with Gasteiger partial charge < -0.3 is 4.90 Å².